The molecule has 374 valence electrons. The van der Waals surface area contributed by atoms with E-state index in [0.717, 1.165) is 113 Å². The van der Waals surface area contributed by atoms with Crippen molar-refractivity contribution in [3.63, 3.8) is 0 Å². The average molecular weight is 997 g/mol. The Kier molecular flexibility index (Phi) is 12.3. The maximum absolute atomic E-state index is 5.42. The Morgan fingerprint density at radius 1 is 0.390 bits per heavy atom. The molecule has 0 radical (unpaired) electrons. The van der Waals surface area contributed by atoms with Gasteiger partial charge in [-0.1, -0.05) is 165 Å². The minimum absolute atomic E-state index is 0.350. The van der Waals surface area contributed by atoms with Gasteiger partial charge in [-0.3, -0.25) is 4.57 Å². The Balaban J connectivity index is 0.798. The van der Waals surface area contributed by atoms with Gasteiger partial charge in [0, 0.05) is 61.9 Å². The fourth-order valence-electron chi connectivity index (χ4n) is 12.7. The van der Waals surface area contributed by atoms with Crippen LogP contribution in [0.4, 0.5) is 0 Å². The van der Waals surface area contributed by atoms with Crippen LogP contribution in [0.5, 0.6) is 0 Å². The fraction of sp³-hybridized carbons (Fsp3) is 0.169. The fourth-order valence-corrected chi connectivity index (χ4v) is 12.7. The third-order valence-corrected chi connectivity index (χ3v) is 16.5. The highest BCUT2D eigenvalue weighted by atomic mass is 15.3. The van der Waals surface area contributed by atoms with Crippen LogP contribution in [0.15, 0.2) is 225 Å². The third kappa shape index (κ3) is 8.87. The zero-order valence-corrected chi connectivity index (χ0v) is 43.4. The summed E-state index contributed by atoms with van der Waals surface area (Å²) in [6.07, 6.45) is 14.8. The van der Waals surface area contributed by atoms with Gasteiger partial charge >= 0.3 is 0 Å². The number of aryl methyl sites for hydroxylation is 1. The summed E-state index contributed by atoms with van der Waals surface area (Å²) in [5.41, 5.74) is 22.6. The molecule has 0 N–H and O–H groups in total. The predicted octanol–water partition coefficient (Wildman–Crippen LogP) is 17.6. The summed E-state index contributed by atoms with van der Waals surface area (Å²) in [6, 6.07) is 79.2. The molecular weight excluding hydrogens is 937 g/mol. The summed E-state index contributed by atoms with van der Waals surface area (Å²) in [5.74, 6) is 1.34. The second kappa shape index (κ2) is 20.3. The Labute approximate surface area is 451 Å². The molecule has 0 bridgehead atoms. The third-order valence-electron chi connectivity index (χ3n) is 16.5. The Morgan fingerprint density at radius 2 is 0.974 bits per heavy atom. The molecule has 2 aliphatic carbocycles. The lowest BCUT2D eigenvalue weighted by Crippen LogP contribution is -2.11. The monoisotopic (exact) mass is 996 g/mol. The number of fused-ring (bicyclic) bond motifs is 6. The molecule has 0 saturated carbocycles. The molecule has 1 atom stereocenters. The SMILES string of the molecule is c1ccc(-c2cc(-c3ccc(-n4c5c(c6ccccc64)CCCCCC5)nc3)cc(-c3cccc(C4CCCCc5c(c6ccccc6n5-c5ccc(-n6nc(-c7ccccc7)cc6-c6ccccc6)cc5)C4)c3)n2)cc1. The molecule has 12 aromatic rings. The first-order chi connectivity index (χ1) is 38.2. The van der Waals surface area contributed by atoms with Crippen molar-refractivity contribution < 1.29 is 0 Å². The molecule has 6 heteroatoms. The van der Waals surface area contributed by atoms with E-state index in [-0.39, 0.29) is 0 Å². The van der Waals surface area contributed by atoms with Gasteiger partial charge in [0.1, 0.15) is 5.82 Å². The second-order valence-corrected chi connectivity index (χ2v) is 21.2. The highest BCUT2D eigenvalue weighted by molar-refractivity contribution is 5.89. The molecular formula is C71H60N6. The van der Waals surface area contributed by atoms with Crippen LogP contribution < -0.4 is 0 Å². The summed E-state index contributed by atoms with van der Waals surface area (Å²) in [6.45, 7) is 0. The zero-order valence-electron chi connectivity index (χ0n) is 43.4. The maximum atomic E-state index is 5.42. The summed E-state index contributed by atoms with van der Waals surface area (Å²) >= 11 is 0. The first-order valence-corrected chi connectivity index (χ1v) is 27.9. The highest BCUT2D eigenvalue weighted by Gasteiger charge is 2.26. The minimum Gasteiger partial charge on any atom is -0.313 e. The maximum Gasteiger partial charge on any atom is 0.137 e. The van der Waals surface area contributed by atoms with Gasteiger partial charge in [-0.05, 0) is 152 Å². The number of para-hydroxylation sites is 2. The van der Waals surface area contributed by atoms with Crippen LogP contribution in [0.2, 0.25) is 0 Å². The second-order valence-electron chi connectivity index (χ2n) is 21.2. The van der Waals surface area contributed by atoms with Crippen LogP contribution in [0.25, 0.3) is 95.2 Å². The van der Waals surface area contributed by atoms with E-state index in [2.05, 4.69) is 238 Å². The van der Waals surface area contributed by atoms with Crippen LogP contribution in [0.1, 0.15) is 78.9 Å². The van der Waals surface area contributed by atoms with E-state index in [9.17, 15) is 0 Å². The van der Waals surface area contributed by atoms with Crippen molar-refractivity contribution >= 4 is 21.8 Å². The highest BCUT2D eigenvalue weighted by Crippen LogP contribution is 2.41. The Hall–Kier alpha value is -8.87. The van der Waals surface area contributed by atoms with Gasteiger partial charge in [0.05, 0.1) is 39.5 Å². The minimum atomic E-state index is 0.350. The standard InChI is InChI=1S/C71H60N6/c1-2-13-33-67-59(30-12-1)60-31-15-19-35-68(60)76(67)71-42-37-55(48-72-71)56-45-63(49-21-6-3-7-22-49)73-64(46-56)54-29-20-28-52(43-54)53-27-14-17-36-69-62(44-53)61-32-16-18-34-66(61)75(69)57-38-40-58(41-39-57)77-70(51-25-10-5-11-26-51)47-65(74-77)50-23-8-4-9-24-50/h3-11,15-16,18-26,28-29,31-32,34-35,37-43,45-48,53H,1-2,12-14,17,27,30,33,36,44H2. The quantitative estimate of drug-likeness (QED) is 0.145. The molecule has 0 fully saturated rings. The molecule has 0 aliphatic heterocycles. The van der Waals surface area contributed by atoms with Crippen molar-refractivity contribution in [3.05, 3.63) is 253 Å². The van der Waals surface area contributed by atoms with E-state index in [0.29, 0.717) is 5.92 Å². The molecule has 5 heterocycles. The zero-order chi connectivity index (χ0) is 51.1. The van der Waals surface area contributed by atoms with Crippen molar-refractivity contribution in [2.75, 3.05) is 0 Å². The molecule has 6 nitrogen and oxygen atoms in total. The van der Waals surface area contributed by atoms with E-state index in [1.807, 2.05) is 0 Å². The van der Waals surface area contributed by atoms with E-state index < -0.39 is 0 Å². The first kappa shape index (κ1) is 46.6. The van der Waals surface area contributed by atoms with E-state index in [1.165, 1.54) is 81.3 Å². The number of hydrogen-bond acceptors (Lipinski definition) is 3. The number of benzene rings is 7. The van der Waals surface area contributed by atoms with Crippen molar-refractivity contribution in [1.29, 1.82) is 0 Å². The van der Waals surface area contributed by atoms with Crippen LogP contribution in [0.3, 0.4) is 0 Å². The molecule has 14 rings (SSSR count). The van der Waals surface area contributed by atoms with Gasteiger partial charge in [-0.15, -0.1) is 0 Å². The Bertz CT molecular complexity index is 4050. The lowest BCUT2D eigenvalue weighted by molar-refractivity contribution is 0.544. The molecule has 1 unspecified atom stereocenters. The molecule has 7 aromatic carbocycles. The summed E-state index contributed by atoms with van der Waals surface area (Å²) in [4.78, 5) is 10.7. The summed E-state index contributed by atoms with van der Waals surface area (Å²) in [5, 5.41) is 7.92. The number of nitrogens with zero attached hydrogens (tertiary/aromatic N) is 6. The van der Waals surface area contributed by atoms with Crippen LogP contribution >= 0.6 is 0 Å². The molecule has 2 aliphatic rings. The summed E-state index contributed by atoms with van der Waals surface area (Å²) < 4.78 is 7.08. The van der Waals surface area contributed by atoms with Crippen LogP contribution in [-0.4, -0.2) is 28.9 Å². The van der Waals surface area contributed by atoms with Gasteiger partial charge < -0.3 is 4.57 Å². The summed E-state index contributed by atoms with van der Waals surface area (Å²) in [7, 11) is 0. The van der Waals surface area contributed by atoms with E-state index in [1.54, 1.807) is 0 Å². The van der Waals surface area contributed by atoms with Gasteiger partial charge in [0.15, 0.2) is 0 Å². The topological polar surface area (TPSA) is 53.5 Å². The predicted molar refractivity (Wildman–Crippen MR) is 316 cm³/mol. The lowest BCUT2D eigenvalue weighted by Gasteiger charge is -2.23. The molecule has 5 aromatic heterocycles. The number of rotatable bonds is 9. The van der Waals surface area contributed by atoms with Gasteiger partial charge in [-0.25, -0.2) is 14.6 Å². The molecule has 77 heavy (non-hydrogen) atoms. The Morgan fingerprint density at radius 3 is 1.69 bits per heavy atom. The smallest absolute Gasteiger partial charge is 0.137 e. The van der Waals surface area contributed by atoms with E-state index >= 15 is 0 Å². The number of hydrogen-bond donors (Lipinski definition) is 0. The van der Waals surface area contributed by atoms with E-state index in [4.69, 9.17) is 15.1 Å². The van der Waals surface area contributed by atoms with Crippen LogP contribution in [0, 0.1) is 0 Å². The van der Waals surface area contributed by atoms with Crippen molar-refractivity contribution in [2.45, 2.75) is 76.5 Å². The lowest BCUT2D eigenvalue weighted by atomic mass is 9.83. The molecule has 0 amide bonds. The number of aromatic nitrogens is 6. The normalized spacial score (nSPS) is 14.8. The van der Waals surface area contributed by atoms with Gasteiger partial charge in [-0.2, -0.15) is 5.10 Å². The van der Waals surface area contributed by atoms with Gasteiger partial charge in [0.25, 0.3) is 0 Å². The van der Waals surface area contributed by atoms with Crippen molar-refractivity contribution in [3.8, 4) is 73.3 Å². The van der Waals surface area contributed by atoms with Gasteiger partial charge in [0.2, 0.25) is 0 Å². The molecule has 0 saturated heterocycles. The number of pyridine rings is 2. The van der Waals surface area contributed by atoms with Crippen molar-refractivity contribution in [1.82, 2.24) is 28.9 Å². The van der Waals surface area contributed by atoms with Crippen molar-refractivity contribution in [2.24, 2.45) is 0 Å². The average Bonchev–Trinajstić information content (AvgIpc) is 4.24. The largest absolute Gasteiger partial charge is 0.313 e. The van der Waals surface area contributed by atoms with Crippen LogP contribution in [-0.2, 0) is 25.7 Å². The molecule has 0 spiro atoms. The first-order valence-electron chi connectivity index (χ1n) is 27.9.